The van der Waals surface area contributed by atoms with Crippen LogP contribution in [0.1, 0.15) is 110 Å². The number of rotatable bonds is 21. The van der Waals surface area contributed by atoms with E-state index in [4.69, 9.17) is 4.74 Å². The number of carbonyl (C=O) groups excluding carboxylic acids is 2. The molecule has 0 spiro atoms. The van der Waals surface area contributed by atoms with Gasteiger partial charge in [-0.25, -0.2) is 0 Å². The molecule has 0 atom stereocenters. The van der Waals surface area contributed by atoms with E-state index in [1.807, 2.05) is 0 Å². The summed E-state index contributed by atoms with van der Waals surface area (Å²) in [6.07, 6.45) is 7.78. The summed E-state index contributed by atoms with van der Waals surface area (Å²) in [6.45, 7) is -0.00222. The predicted molar refractivity (Wildman–Crippen MR) is 117 cm³/mol. The first-order chi connectivity index (χ1) is 16.3. The third-order valence-electron chi connectivity index (χ3n) is 5.50. The molecule has 0 saturated carbocycles. The molecule has 0 aliphatic carbocycles. The van der Waals surface area contributed by atoms with Crippen molar-refractivity contribution >= 4 is 11.9 Å². The second kappa shape index (κ2) is 17.8. The molecule has 0 bridgehead atoms. The second-order valence-corrected chi connectivity index (χ2v) is 8.75. The second-order valence-electron chi connectivity index (χ2n) is 8.75. The minimum atomic E-state index is -6.49. The van der Waals surface area contributed by atoms with E-state index in [2.05, 4.69) is 11.7 Å². The van der Waals surface area contributed by atoms with Crippen LogP contribution in [0, 0.1) is 0 Å². The number of hydrogen-bond acceptors (Lipinski definition) is 4. The molecule has 0 heterocycles. The maximum atomic E-state index is 13.1. The molecule has 0 radical (unpaired) electrons. The number of carbonyl (C=O) groups is 2. The van der Waals surface area contributed by atoms with Gasteiger partial charge in [0.05, 0.1) is 6.61 Å². The van der Waals surface area contributed by atoms with Crippen LogP contribution in [0.2, 0.25) is 0 Å². The van der Waals surface area contributed by atoms with E-state index in [-0.39, 0.29) is 19.4 Å². The van der Waals surface area contributed by atoms with Gasteiger partial charge in [0, 0.05) is 12.8 Å². The summed E-state index contributed by atoms with van der Waals surface area (Å²) < 4.78 is 96.4. The lowest BCUT2D eigenvalue weighted by molar-refractivity contribution is -0.359. The number of ether oxygens (including phenoxy) is 2. The Balaban J connectivity index is 3.68. The summed E-state index contributed by atoms with van der Waals surface area (Å²) in [5.74, 6) is -14.0. The maximum Gasteiger partial charge on any atom is 0.460 e. The summed E-state index contributed by atoms with van der Waals surface area (Å²) in [4.78, 5) is 22.9. The van der Waals surface area contributed by atoms with E-state index in [0.717, 1.165) is 19.3 Å². The Morgan fingerprint density at radius 2 is 0.971 bits per heavy atom. The first-order valence-corrected chi connectivity index (χ1v) is 12.5. The lowest BCUT2D eigenvalue weighted by atomic mass is 10.0. The fourth-order valence-corrected chi connectivity index (χ4v) is 3.30. The third kappa shape index (κ3) is 15.2. The Kier molecular flexibility index (Phi) is 17.0. The van der Waals surface area contributed by atoms with Gasteiger partial charge in [0.25, 0.3) is 0 Å². The van der Waals surface area contributed by atoms with Crippen LogP contribution in [0.5, 0.6) is 0 Å². The molecule has 35 heavy (non-hydrogen) atoms. The molecule has 208 valence electrons. The maximum absolute atomic E-state index is 13.1. The van der Waals surface area contributed by atoms with Crippen molar-refractivity contribution in [3.05, 3.63) is 0 Å². The minimum absolute atomic E-state index is 0.169. The van der Waals surface area contributed by atoms with Crippen molar-refractivity contribution in [2.75, 3.05) is 13.2 Å². The van der Waals surface area contributed by atoms with Crippen LogP contribution in [0.15, 0.2) is 0 Å². The minimum Gasteiger partial charge on any atom is -0.466 e. The quantitative estimate of drug-likeness (QED) is 0.0863. The van der Waals surface area contributed by atoms with Crippen molar-refractivity contribution in [3.8, 4) is 0 Å². The average Bonchev–Trinajstić information content (AvgIpc) is 2.77. The van der Waals surface area contributed by atoms with Crippen LogP contribution in [0.25, 0.3) is 0 Å². The van der Waals surface area contributed by atoms with Gasteiger partial charge in [-0.1, -0.05) is 84.0 Å². The standard InChI is InChI=1S/C24H39F7O4/c1-2-3-4-5-6-7-8-9-10-11-12-13-14-18-34-20(32)16-15-17-21(33)35-19-22(25,26)23(27,28)24(29,30)31/h2-19H2,1H3. The van der Waals surface area contributed by atoms with Crippen LogP contribution in [0.4, 0.5) is 30.7 Å². The fourth-order valence-electron chi connectivity index (χ4n) is 3.30. The Hall–Kier alpha value is -1.55. The number of hydrogen-bond donors (Lipinski definition) is 0. The molecule has 0 amide bonds. The van der Waals surface area contributed by atoms with Crippen molar-refractivity contribution < 1.29 is 49.8 Å². The topological polar surface area (TPSA) is 52.6 Å². The van der Waals surface area contributed by atoms with Crippen molar-refractivity contribution in [1.29, 1.82) is 0 Å². The van der Waals surface area contributed by atoms with Gasteiger partial charge in [-0.2, -0.15) is 30.7 Å². The molecule has 0 aliphatic rings. The van der Waals surface area contributed by atoms with Crippen molar-refractivity contribution in [2.24, 2.45) is 0 Å². The van der Waals surface area contributed by atoms with Gasteiger partial charge in [-0.05, 0) is 12.8 Å². The zero-order chi connectivity index (χ0) is 26.8. The first kappa shape index (κ1) is 33.4. The highest BCUT2D eigenvalue weighted by molar-refractivity contribution is 5.72. The first-order valence-electron chi connectivity index (χ1n) is 12.5. The van der Waals surface area contributed by atoms with E-state index in [1.165, 1.54) is 57.8 Å². The SMILES string of the molecule is CCCCCCCCCCCCCCCOC(=O)CCCC(=O)OCC(F)(F)C(F)(F)C(F)(F)F. The third-order valence-corrected chi connectivity index (χ3v) is 5.50. The molecule has 0 aliphatic heterocycles. The average molecular weight is 525 g/mol. The largest absolute Gasteiger partial charge is 0.466 e. The molecular weight excluding hydrogens is 485 g/mol. The zero-order valence-corrected chi connectivity index (χ0v) is 20.5. The summed E-state index contributed by atoms with van der Waals surface area (Å²) in [7, 11) is 0. The van der Waals surface area contributed by atoms with E-state index in [1.54, 1.807) is 0 Å². The summed E-state index contributed by atoms with van der Waals surface area (Å²) >= 11 is 0. The molecule has 0 N–H and O–H groups in total. The molecular formula is C24H39F7O4. The Morgan fingerprint density at radius 3 is 1.40 bits per heavy atom. The molecule has 0 saturated heterocycles. The highest BCUT2D eigenvalue weighted by atomic mass is 19.4. The van der Waals surface area contributed by atoms with Gasteiger partial charge >= 0.3 is 30.0 Å². The van der Waals surface area contributed by atoms with Gasteiger partial charge in [0.1, 0.15) is 0 Å². The molecule has 11 heteroatoms. The van der Waals surface area contributed by atoms with Gasteiger partial charge in [0.2, 0.25) is 0 Å². The number of alkyl halides is 7. The highest BCUT2D eigenvalue weighted by Gasteiger charge is 2.73. The smallest absolute Gasteiger partial charge is 0.460 e. The van der Waals surface area contributed by atoms with Gasteiger partial charge in [-0.3, -0.25) is 9.59 Å². The van der Waals surface area contributed by atoms with Gasteiger partial charge < -0.3 is 9.47 Å². The lowest BCUT2D eigenvalue weighted by Gasteiger charge is -2.27. The molecule has 0 fully saturated rings. The van der Waals surface area contributed by atoms with E-state index < -0.39 is 43.0 Å². The van der Waals surface area contributed by atoms with Crippen LogP contribution in [0.3, 0.4) is 0 Å². The molecule has 0 aromatic rings. The molecule has 0 aromatic carbocycles. The van der Waals surface area contributed by atoms with Crippen molar-refractivity contribution in [3.63, 3.8) is 0 Å². The predicted octanol–water partition coefficient (Wildman–Crippen LogP) is 8.17. The van der Waals surface area contributed by atoms with Gasteiger partial charge in [0.15, 0.2) is 6.61 Å². The van der Waals surface area contributed by atoms with E-state index >= 15 is 0 Å². The van der Waals surface area contributed by atoms with Crippen molar-refractivity contribution in [2.45, 2.75) is 128 Å². The van der Waals surface area contributed by atoms with Crippen LogP contribution in [-0.2, 0) is 19.1 Å². The monoisotopic (exact) mass is 524 g/mol. The highest BCUT2D eigenvalue weighted by Crippen LogP contribution is 2.46. The van der Waals surface area contributed by atoms with Crippen LogP contribution < -0.4 is 0 Å². The Labute approximate surface area is 203 Å². The van der Waals surface area contributed by atoms with E-state index in [0.29, 0.717) is 6.42 Å². The molecule has 0 unspecified atom stereocenters. The number of halogens is 7. The summed E-state index contributed by atoms with van der Waals surface area (Å²) in [5.41, 5.74) is 0. The molecule has 4 nitrogen and oxygen atoms in total. The Morgan fingerprint density at radius 1 is 0.571 bits per heavy atom. The number of unbranched alkanes of at least 4 members (excludes halogenated alkanes) is 12. The number of esters is 2. The lowest BCUT2D eigenvalue weighted by Crippen LogP contribution is -2.54. The zero-order valence-electron chi connectivity index (χ0n) is 20.5. The van der Waals surface area contributed by atoms with Crippen molar-refractivity contribution in [1.82, 2.24) is 0 Å². The summed E-state index contributed by atoms with van der Waals surface area (Å²) in [6, 6.07) is 0. The summed E-state index contributed by atoms with van der Waals surface area (Å²) in [5, 5.41) is 0. The Bertz CT molecular complexity index is 581. The fraction of sp³-hybridized carbons (Fsp3) is 0.917. The molecule has 0 aromatic heterocycles. The normalized spacial score (nSPS) is 12.6. The van der Waals surface area contributed by atoms with Crippen LogP contribution in [-0.4, -0.2) is 43.2 Å². The van der Waals surface area contributed by atoms with Gasteiger partial charge in [-0.15, -0.1) is 0 Å². The molecule has 0 rings (SSSR count). The van der Waals surface area contributed by atoms with E-state index in [9.17, 15) is 40.3 Å². The van der Waals surface area contributed by atoms with Crippen LogP contribution >= 0.6 is 0 Å².